The minimum Gasteiger partial charge on any atom is -0.380 e. The Hall–Kier alpha value is -1.11. The first-order chi connectivity index (χ1) is 9.88. The minimum absolute atomic E-state index is 0.154. The lowest BCUT2D eigenvalue weighted by molar-refractivity contribution is -0.137. The van der Waals surface area contributed by atoms with Crippen molar-refractivity contribution in [2.24, 2.45) is 0 Å². The van der Waals surface area contributed by atoms with Gasteiger partial charge in [-0.15, -0.1) is 0 Å². The third-order valence-corrected chi connectivity index (χ3v) is 3.28. The Bertz CT molecular complexity index is 424. The molecule has 0 saturated heterocycles. The highest BCUT2D eigenvalue weighted by Gasteiger charge is 2.30. The lowest BCUT2D eigenvalue weighted by atomic mass is 10.0. The van der Waals surface area contributed by atoms with E-state index in [0.29, 0.717) is 25.3 Å². The first-order valence-corrected chi connectivity index (χ1v) is 6.99. The summed E-state index contributed by atoms with van der Waals surface area (Å²) in [5, 5.41) is 3.07. The smallest absolute Gasteiger partial charge is 0.380 e. The lowest BCUT2D eigenvalue weighted by Gasteiger charge is -2.24. The van der Waals surface area contributed by atoms with E-state index < -0.39 is 11.7 Å². The van der Waals surface area contributed by atoms with E-state index in [-0.39, 0.29) is 6.04 Å². The van der Waals surface area contributed by atoms with E-state index in [1.807, 2.05) is 18.9 Å². The van der Waals surface area contributed by atoms with Crippen LogP contribution in [0.3, 0.4) is 0 Å². The van der Waals surface area contributed by atoms with Crippen LogP contribution in [0.15, 0.2) is 24.3 Å². The van der Waals surface area contributed by atoms with Gasteiger partial charge in [0, 0.05) is 25.7 Å². The molecule has 3 nitrogen and oxygen atoms in total. The van der Waals surface area contributed by atoms with Crippen molar-refractivity contribution in [1.29, 1.82) is 0 Å². The number of ether oxygens (including phenoxy) is 1. The van der Waals surface area contributed by atoms with Gasteiger partial charge in [-0.1, -0.05) is 12.1 Å². The van der Waals surface area contributed by atoms with E-state index in [2.05, 4.69) is 5.32 Å². The SMILES string of the molecule is CCOCCN(C)CC(NC)c1cccc(C(F)(F)F)c1. The number of halogens is 3. The molecule has 1 aromatic rings. The molecule has 0 aliphatic carbocycles. The number of hydrogen-bond donors (Lipinski definition) is 1. The normalized spacial score (nSPS) is 13.7. The molecule has 1 unspecified atom stereocenters. The van der Waals surface area contributed by atoms with Gasteiger partial charge in [-0.3, -0.25) is 0 Å². The van der Waals surface area contributed by atoms with Crippen LogP contribution in [-0.4, -0.2) is 45.3 Å². The summed E-state index contributed by atoms with van der Waals surface area (Å²) < 4.78 is 43.5. The lowest BCUT2D eigenvalue weighted by Crippen LogP contribution is -2.33. The molecule has 0 spiro atoms. The molecule has 0 radical (unpaired) electrons. The Morgan fingerprint density at radius 3 is 2.62 bits per heavy atom. The Morgan fingerprint density at radius 2 is 2.05 bits per heavy atom. The van der Waals surface area contributed by atoms with E-state index in [1.165, 1.54) is 12.1 Å². The molecule has 1 aromatic carbocycles. The fraction of sp³-hybridized carbons (Fsp3) is 0.600. The zero-order valence-corrected chi connectivity index (χ0v) is 12.7. The van der Waals surface area contributed by atoms with Crippen molar-refractivity contribution in [3.05, 3.63) is 35.4 Å². The molecule has 21 heavy (non-hydrogen) atoms. The van der Waals surface area contributed by atoms with Crippen LogP contribution in [0, 0.1) is 0 Å². The van der Waals surface area contributed by atoms with E-state index >= 15 is 0 Å². The van der Waals surface area contributed by atoms with Gasteiger partial charge in [0.15, 0.2) is 0 Å². The van der Waals surface area contributed by atoms with Gasteiger partial charge in [0.25, 0.3) is 0 Å². The van der Waals surface area contributed by atoms with E-state index in [0.717, 1.165) is 12.6 Å². The molecule has 0 fully saturated rings. The summed E-state index contributed by atoms with van der Waals surface area (Å²) in [5.74, 6) is 0. The van der Waals surface area contributed by atoms with Gasteiger partial charge >= 0.3 is 6.18 Å². The third-order valence-electron chi connectivity index (χ3n) is 3.28. The highest BCUT2D eigenvalue weighted by Crippen LogP contribution is 2.30. The number of nitrogens with zero attached hydrogens (tertiary/aromatic N) is 1. The minimum atomic E-state index is -4.31. The van der Waals surface area contributed by atoms with Gasteiger partial charge < -0.3 is 15.0 Å². The molecule has 0 aliphatic heterocycles. The number of nitrogens with one attached hydrogen (secondary N) is 1. The van der Waals surface area contributed by atoms with Crippen molar-refractivity contribution in [3.63, 3.8) is 0 Å². The molecule has 0 aromatic heterocycles. The topological polar surface area (TPSA) is 24.5 Å². The third kappa shape index (κ3) is 6.03. The van der Waals surface area contributed by atoms with Crippen molar-refractivity contribution in [2.75, 3.05) is 40.4 Å². The summed E-state index contributed by atoms with van der Waals surface area (Å²) in [6.45, 7) is 4.57. The molecule has 1 atom stereocenters. The molecule has 0 amide bonds. The van der Waals surface area contributed by atoms with Crippen LogP contribution in [0.25, 0.3) is 0 Å². The van der Waals surface area contributed by atoms with Crippen LogP contribution in [0.2, 0.25) is 0 Å². The zero-order chi connectivity index (χ0) is 15.9. The van der Waals surface area contributed by atoms with Crippen LogP contribution in [0.5, 0.6) is 0 Å². The number of likely N-dealkylation sites (N-methyl/N-ethyl adjacent to an activating group) is 2. The van der Waals surface area contributed by atoms with Crippen molar-refractivity contribution >= 4 is 0 Å². The van der Waals surface area contributed by atoms with Crippen molar-refractivity contribution in [2.45, 2.75) is 19.1 Å². The predicted molar refractivity (Wildman–Crippen MR) is 77.2 cm³/mol. The number of alkyl halides is 3. The summed E-state index contributed by atoms with van der Waals surface area (Å²) in [5.41, 5.74) is 0.0211. The second kappa shape index (κ2) is 8.36. The quantitative estimate of drug-likeness (QED) is 0.747. The predicted octanol–water partition coefficient (Wildman–Crippen LogP) is 2.93. The standard InChI is InChI=1S/C15H23F3N2O/c1-4-21-9-8-20(3)11-14(19-2)12-6-5-7-13(10-12)15(16,17)18/h5-7,10,14,19H,4,8-9,11H2,1-3H3. The highest BCUT2D eigenvalue weighted by atomic mass is 19.4. The average molecular weight is 304 g/mol. The van der Waals surface area contributed by atoms with Crippen molar-refractivity contribution in [3.8, 4) is 0 Å². The summed E-state index contributed by atoms with van der Waals surface area (Å²) >= 11 is 0. The van der Waals surface area contributed by atoms with Gasteiger partial charge in [-0.05, 0) is 38.7 Å². The zero-order valence-electron chi connectivity index (χ0n) is 12.7. The Morgan fingerprint density at radius 1 is 1.33 bits per heavy atom. The molecular weight excluding hydrogens is 281 g/mol. The summed E-state index contributed by atoms with van der Waals surface area (Å²) in [7, 11) is 3.68. The maximum Gasteiger partial charge on any atom is 0.416 e. The van der Waals surface area contributed by atoms with Crippen molar-refractivity contribution < 1.29 is 17.9 Å². The first-order valence-electron chi connectivity index (χ1n) is 6.99. The molecule has 0 bridgehead atoms. The Kier molecular flexibility index (Phi) is 7.14. The number of benzene rings is 1. The van der Waals surface area contributed by atoms with Gasteiger partial charge in [-0.2, -0.15) is 13.2 Å². The fourth-order valence-electron chi connectivity index (χ4n) is 2.06. The van der Waals surface area contributed by atoms with Gasteiger partial charge in [0.05, 0.1) is 12.2 Å². The molecule has 0 saturated carbocycles. The number of rotatable bonds is 8. The van der Waals surface area contributed by atoms with Crippen molar-refractivity contribution in [1.82, 2.24) is 10.2 Å². The van der Waals surface area contributed by atoms with Gasteiger partial charge in [0.1, 0.15) is 0 Å². The van der Waals surface area contributed by atoms with Gasteiger partial charge in [0.2, 0.25) is 0 Å². The Labute approximate surface area is 124 Å². The van der Waals surface area contributed by atoms with Gasteiger partial charge in [-0.25, -0.2) is 0 Å². The maximum atomic E-state index is 12.8. The van der Waals surface area contributed by atoms with E-state index in [1.54, 1.807) is 13.1 Å². The summed E-state index contributed by atoms with van der Waals surface area (Å²) in [6, 6.07) is 5.31. The molecule has 6 heteroatoms. The van der Waals surface area contributed by atoms with Crippen LogP contribution >= 0.6 is 0 Å². The monoisotopic (exact) mass is 304 g/mol. The van der Waals surface area contributed by atoms with E-state index in [4.69, 9.17) is 4.74 Å². The summed E-state index contributed by atoms with van der Waals surface area (Å²) in [6.07, 6.45) is -4.31. The van der Waals surface area contributed by atoms with E-state index in [9.17, 15) is 13.2 Å². The highest BCUT2D eigenvalue weighted by molar-refractivity contribution is 5.28. The van der Waals surface area contributed by atoms with Crippen LogP contribution in [0.1, 0.15) is 24.1 Å². The fourth-order valence-corrected chi connectivity index (χ4v) is 2.06. The maximum absolute atomic E-state index is 12.8. The Balaban J connectivity index is 2.71. The molecule has 120 valence electrons. The largest absolute Gasteiger partial charge is 0.416 e. The molecule has 1 rings (SSSR count). The first kappa shape index (κ1) is 17.9. The molecule has 1 N–H and O–H groups in total. The average Bonchev–Trinajstić information content (AvgIpc) is 2.44. The number of hydrogen-bond acceptors (Lipinski definition) is 3. The molecule has 0 heterocycles. The summed E-state index contributed by atoms with van der Waals surface area (Å²) in [4.78, 5) is 2.04. The van der Waals surface area contributed by atoms with Crippen LogP contribution in [0.4, 0.5) is 13.2 Å². The molecule has 0 aliphatic rings. The second-order valence-corrected chi connectivity index (χ2v) is 4.92. The molecular formula is C15H23F3N2O. The second-order valence-electron chi connectivity index (χ2n) is 4.92. The van der Waals surface area contributed by atoms with Crippen LogP contribution < -0.4 is 5.32 Å². The van der Waals surface area contributed by atoms with Crippen LogP contribution in [-0.2, 0) is 10.9 Å².